The van der Waals surface area contributed by atoms with E-state index >= 15 is 0 Å². The summed E-state index contributed by atoms with van der Waals surface area (Å²) in [4.78, 5) is 52.3. The number of halogens is 3. The third kappa shape index (κ3) is 6.23. The summed E-state index contributed by atoms with van der Waals surface area (Å²) in [6.45, 7) is 0. The van der Waals surface area contributed by atoms with Crippen LogP contribution in [0.5, 0.6) is 0 Å². The molecule has 43 heavy (non-hydrogen) atoms. The number of aromatic nitrogens is 2. The van der Waals surface area contributed by atoms with Gasteiger partial charge in [-0.3, -0.25) is 24.2 Å². The van der Waals surface area contributed by atoms with Crippen molar-refractivity contribution < 1.29 is 23.2 Å². The molecule has 2 heterocycles. The molecular formula is C31H25ClF2N6O3. The summed E-state index contributed by atoms with van der Waals surface area (Å²) in [6, 6.07) is 15.5. The van der Waals surface area contributed by atoms with Crippen molar-refractivity contribution in [1.82, 2.24) is 9.97 Å². The minimum atomic E-state index is -2.74. The van der Waals surface area contributed by atoms with Gasteiger partial charge in [0, 0.05) is 48.2 Å². The highest BCUT2D eigenvalue weighted by molar-refractivity contribution is 6.31. The first-order valence-corrected chi connectivity index (χ1v) is 14.0. The molecule has 1 aliphatic heterocycles. The van der Waals surface area contributed by atoms with Crippen LogP contribution in [0.1, 0.15) is 61.4 Å². The van der Waals surface area contributed by atoms with Crippen LogP contribution in [0.2, 0.25) is 5.02 Å². The number of rotatable bonds is 9. The lowest BCUT2D eigenvalue weighted by Crippen LogP contribution is -2.50. The maximum absolute atomic E-state index is 14.6. The molecule has 2 aromatic carbocycles. The Kier molecular flexibility index (Phi) is 8.47. The lowest BCUT2D eigenvalue weighted by Gasteiger charge is -2.37. The zero-order valence-electron chi connectivity index (χ0n) is 22.8. The second-order valence-corrected chi connectivity index (χ2v) is 11.0. The number of Topliss-reactive ketones (excluding diaryl/α,β-unsaturated/α-hetero) is 1. The molecule has 0 radical (unpaired) electrons. The van der Waals surface area contributed by atoms with Gasteiger partial charge in [0.1, 0.15) is 23.8 Å². The second-order valence-electron chi connectivity index (χ2n) is 10.6. The molecule has 2 atom stereocenters. The van der Waals surface area contributed by atoms with Gasteiger partial charge in [-0.2, -0.15) is 10.5 Å². The van der Waals surface area contributed by atoms with Crippen LogP contribution in [-0.4, -0.2) is 39.5 Å². The van der Waals surface area contributed by atoms with Crippen molar-refractivity contribution in [2.45, 2.75) is 56.5 Å². The average Bonchev–Trinajstić information content (AvgIpc) is 3.39. The first-order valence-electron chi connectivity index (χ1n) is 13.7. The summed E-state index contributed by atoms with van der Waals surface area (Å²) < 4.78 is 27.0. The van der Waals surface area contributed by atoms with Gasteiger partial charge in [0.2, 0.25) is 17.8 Å². The molecule has 0 unspecified atom stereocenters. The molecule has 1 saturated heterocycles. The van der Waals surface area contributed by atoms with E-state index in [2.05, 4.69) is 9.97 Å². The fourth-order valence-corrected chi connectivity index (χ4v) is 5.85. The number of alkyl halides is 2. The molecule has 218 valence electrons. The number of amides is 2. The van der Waals surface area contributed by atoms with Gasteiger partial charge in [0.05, 0.1) is 11.6 Å². The van der Waals surface area contributed by atoms with E-state index in [4.69, 9.17) is 11.6 Å². The Bertz CT molecular complexity index is 1660. The standard InChI is InChI=1S/C31H25ClF2N6O3/c32-24-7-2-1-6-23(24)28(26(41)10-8-20-15-31(33,34)16-20)39(22-5-3-4-19(14-22)17-35)29(43)25-9-11-27(42)40(25)30-37-13-12-21(18-36)38-30/h1-7,12-14,20,25,28H,8-11,15-16H2/t25-,28-/m0/s1. The van der Waals surface area contributed by atoms with Gasteiger partial charge >= 0.3 is 0 Å². The van der Waals surface area contributed by atoms with Gasteiger partial charge in [-0.25, -0.2) is 18.7 Å². The minimum Gasteiger partial charge on any atom is -0.297 e. The SMILES string of the molecule is N#Cc1cccc(N(C(=O)[C@@H]2CCC(=O)N2c2nccc(C#N)n2)[C@H](C(=O)CCC2CC(F)(F)C2)c2ccccc2Cl)c1. The molecule has 1 aliphatic carbocycles. The number of nitrogens with zero attached hydrogens (tertiary/aromatic N) is 6. The number of ketones is 1. The molecule has 0 N–H and O–H groups in total. The molecule has 0 bridgehead atoms. The average molecular weight is 603 g/mol. The minimum absolute atomic E-state index is 0.000157. The van der Waals surface area contributed by atoms with Crippen LogP contribution in [0.4, 0.5) is 20.4 Å². The van der Waals surface area contributed by atoms with Crippen LogP contribution < -0.4 is 9.80 Å². The Morgan fingerprint density at radius 3 is 2.58 bits per heavy atom. The lowest BCUT2D eigenvalue weighted by atomic mass is 9.77. The van der Waals surface area contributed by atoms with Crippen LogP contribution in [0.3, 0.4) is 0 Å². The second kappa shape index (κ2) is 12.2. The van der Waals surface area contributed by atoms with Gasteiger partial charge in [-0.1, -0.05) is 35.9 Å². The van der Waals surface area contributed by atoms with Crippen LogP contribution in [-0.2, 0) is 14.4 Å². The summed E-state index contributed by atoms with van der Waals surface area (Å²) >= 11 is 6.58. The van der Waals surface area contributed by atoms with Crippen molar-refractivity contribution in [1.29, 1.82) is 10.5 Å². The van der Waals surface area contributed by atoms with Gasteiger partial charge in [-0.15, -0.1) is 0 Å². The molecule has 0 spiro atoms. The molecule has 2 fully saturated rings. The Morgan fingerprint density at radius 1 is 1.12 bits per heavy atom. The predicted octanol–water partition coefficient (Wildman–Crippen LogP) is 5.54. The zero-order chi connectivity index (χ0) is 30.7. The summed E-state index contributed by atoms with van der Waals surface area (Å²) in [5.74, 6) is -4.72. The molecule has 3 aromatic rings. The number of anilines is 2. The number of hydrogen-bond acceptors (Lipinski definition) is 7. The van der Waals surface area contributed by atoms with Crippen molar-refractivity contribution >= 4 is 40.8 Å². The highest BCUT2D eigenvalue weighted by Gasteiger charge is 2.47. The largest absolute Gasteiger partial charge is 0.297 e. The first-order chi connectivity index (χ1) is 20.6. The fraction of sp³-hybridized carbons (Fsp3) is 0.323. The van der Waals surface area contributed by atoms with Crippen LogP contribution in [0.25, 0.3) is 0 Å². The van der Waals surface area contributed by atoms with E-state index < -0.39 is 35.6 Å². The molecule has 2 amide bonds. The molecule has 1 saturated carbocycles. The highest BCUT2D eigenvalue weighted by atomic mass is 35.5. The third-order valence-electron chi connectivity index (χ3n) is 7.70. The molecule has 9 nitrogen and oxygen atoms in total. The van der Waals surface area contributed by atoms with E-state index in [9.17, 15) is 33.7 Å². The van der Waals surface area contributed by atoms with Crippen molar-refractivity contribution in [3.63, 3.8) is 0 Å². The van der Waals surface area contributed by atoms with E-state index in [1.165, 1.54) is 23.2 Å². The smallest absolute Gasteiger partial charge is 0.251 e. The van der Waals surface area contributed by atoms with Crippen LogP contribution in [0.15, 0.2) is 60.8 Å². The number of carbonyl (C=O) groups is 3. The van der Waals surface area contributed by atoms with Crippen LogP contribution in [0, 0.1) is 28.6 Å². The summed E-state index contributed by atoms with van der Waals surface area (Å²) in [6.07, 6.45) is 0.880. The third-order valence-corrected chi connectivity index (χ3v) is 8.04. The monoisotopic (exact) mass is 602 g/mol. The Morgan fingerprint density at radius 2 is 1.88 bits per heavy atom. The van der Waals surface area contributed by atoms with Gasteiger partial charge in [0.15, 0.2) is 5.78 Å². The van der Waals surface area contributed by atoms with E-state index in [0.29, 0.717) is 5.56 Å². The molecule has 2 aliphatic rings. The Hall–Kier alpha value is -4.74. The van der Waals surface area contributed by atoms with E-state index in [-0.39, 0.29) is 72.4 Å². The highest BCUT2D eigenvalue weighted by Crippen LogP contribution is 2.45. The maximum atomic E-state index is 14.6. The summed E-state index contributed by atoms with van der Waals surface area (Å²) in [7, 11) is 0. The Labute approximate surface area is 251 Å². The van der Waals surface area contributed by atoms with Crippen molar-refractivity contribution in [2.75, 3.05) is 9.80 Å². The van der Waals surface area contributed by atoms with Gasteiger partial charge in [-0.05, 0) is 49.1 Å². The quantitative estimate of drug-likeness (QED) is 0.314. The summed E-state index contributed by atoms with van der Waals surface area (Å²) in [5, 5.41) is 19.1. The lowest BCUT2D eigenvalue weighted by molar-refractivity contribution is -0.129. The molecule has 5 rings (SSSR count). The van der Waals surface area contributed by atoms with Gasteiger partial charge in [0.25, 0.3) is 5.91 Å². The predicted molar refractivity (Wildman–Crippen MR) is 152 cm³/mol. The Balaban J connectivity index is 1.59. The van der Waals surface area contributed by atoms with Crippen molar-refractivity contribution in [3.8, 4) is 12.1 Å². The maximum Gasteiger partial charge on any atom is 0.251 e. The summed E-state index contributed by atoms with van der Waals surface area (Å²) in [5.41, 5.74) is 0.743. The first kappa shape index (κ1) is 29.7. The number of benzene rings is 2. The topological polar surface area (TPSA) is 131 Å². The normalized spacial score (nSPS) is 18.3. The van der Waals surface area contributed by atoms with Crippen molar-refractivity contribution in [2.24, 2.45) is 5.92 Å². The molecule has 12 heteroatoms. The zero-order valence-corrected chi connectivity index (χ0v) is 23.5. The van der Waals surface area contributed by atoms with Crippen LogP contribution >= 0.6 is 11.6 Å². The fourth-order valence-electron chi connectivity index (χ4n) is 5.61. The van der Waals surface area contributed by atoms with Crippen molar-refractivity contribution in [3.05, 3.63) is 82.6 Å². The van der Waals surface area contributed by atoms with E-state index in [1.807, 2.05) is 12.1 Å². The number of hydrogen-bond donors (Lipinski definition) is 0. The van der Waals surface area contributed by atoms with Gasteiger partial charge < -0.3 is 0 Å². The molecule has 1 aromatic heterocycles. The van der Waals surface area contributed by atoms with E-state index in [1.54, 1.807) is 42.5 Å². The van der Waals surface area contributed by atoms with E-state index in [0.717, 1.165) is 4.90 Å². The number of carbonyl (C=O) groups excluding carboxylic acids is 3. The molecular weight excluding hydrogens is 578 g/mol. The number of nitriles is 2.